The Kier molecular flexibility index (Phi) is 5.61. The third-order valence-electron chi connectivity index (χ3n) is 2.56. The molecule has 1 rings (SSSR count). The Morgan fingerprint density at radius 1 is 1.67 bits per heavy atom. The second kappa shape index (κ2) is 6.98. The zero-order valence-corrected chi connectivity index (χ0v) is 10.9. The molecule has 1 heterocycles. The number of rotatable bonds is 5. The molecule has 1 aliphatic rings. The molecule has 0 aromatic carbocycles. The topological polar surface area (TPSA) is 59.3 Å². The van der Waals surface area contributed by atoms with Crippen LogP contribution in [-0.4, -0.2) is 12.3 Å². The molecule has 0 aromatic heterocycles. The van der Waals surface area contributed by atoms with Gasteiger partial charge in [0, 0.05) is 6.20 Å². The fourth-order valence-corrected chi connectivity index (χ4v) is 1.49. The Morgan fingerprint density at radius 3 is 2.94 bits per heavy atom. The number of dihydropyridines is 1. The fourth-order valence-electron chi connectivity index (χ4n) is 1.49. The molecule has 0 saturated heterocycles. The summed E-state index contributed by atoms with van der Waals surface area (Å²) in [6, 6.07) is 0. The van der Waals surface area contributed by atoms with Crippen molar-refractivity contribution in [2.45, 2.75) is 33.1 Å². The number of ether oxygens (including phenoxy) is 1. The maximum Gasteiger partial charge on any atom is 0.148 e. The van der Waals surface area contributed by atoms with E-state index in [9.17, 15) is 4.39 Å². The Bertz CT molecular complexity index is 399. The molecule has 1 aliphatic heterocycles. The molecule has 0 radical (unpaired) electrons. The van der Waals surface area contributed by atoms with Gasteiger partial charge in [0.1, 0.15) is 18.2 Å². The van der Waals surface area contributed by atoms with E-state index in [1.807, 2.05) is 19.9 Å². The molecule has 0 bridgehead atoms. The molecule has 0 saturated carbocycles. The van der Waals surface area contributed by atoms with Gasteiger partial charge in [-0.25, -0.2) is 4.39 Å². The second-order valence-electron chi connectivity index (χ2n) is 3.99. The summed E-state index contributed by atoms with van der Waals surface area (Å²) in [5.74, 6) is 5.01. The molecule has 2 unspecified atom stereocenters. The number of hydrogen-bond donors (Lipinski definition) is 3. The molecule has 4 N–H and O–H groups in total. The smallest absolute Gasteiger partial charge is 0.148 e. The Balaban J connectivity index is 2.58. The predicted molar refractivity (Wildman–Crippen MR) is 70.6 cm³/mol. The van der Waals surface area contributed by atoms with E-state index in [-0.39, 0.29) is 12.1 Å². The van der Waals surface area contributed by atoms with E-state index in [0.29, 0.717) is 0 Å². The van der Waals surface area contributed by atoms with Crippen LogP contribution >= 0.6 is 0 Å². The number of nitrogens with two attached hydrogens (primary N) is 1. The van der Waals surface area contributed by atoms with Crippen molar-refractivity contribution in [2.24, 2.45) is 5.84 Å². The second-order valence-corrected chi connectivity index (χ2v) is 3.99. The number of nitrogens with one attached hydrogen (secondary N) is 2. The van der Waals surface area contributed by atoms with Gasteiger partial charge >= 0.3 is 0 Å². The van der Waals surface area contributed by atoms with Gasteiger partial charge in [0.05, 0.1) is 5.70 Å². The Labute approximate surface area is 107 Å². The van der Waals surface area contributed by atoms with E-state index in [4.69, 9.17) is 10.6 Å². The average Bonchev–Trinajstić information content (AvgIpc) is 2.36. The molecule has 5 heteroatoms. The summed E-state index contributed by atoms with van der Waals surface area (Å²) in [4.78, 5) is 0. The Morgan fingerprint density at radius 2 is 2.39 bits per heavy atom. The van der Waals surface area contributed by atoms with Gasteiger partial charge in [-0.15, -0.1) is 0 Å². The minimum atomic E-state index is -0.608. The van der Waals surface area contributed by atoms with Crippen LogP contribution in [0.15, 0.2) is 47.6 Å². The standard InChI is InChI=1S/C13H20FN3O/c1-4-5-6-11(14)10(3)18-13-7-9(2)12(17-15)8-16-13/h4-8,10,13,16-17H,15H2,1-3H3/b5-4-,11-6+. The van der Waals surface area contributed by atoms with Crippen molar-refractivity contribution in [3.8, 4) is 0 Å². The minimum absolute atomic E-state index is 0.312. The van der Waals surface area contributed by atoms with Crippen LogP contribution in [-0.2, 0) is 4.74 Å². The van der Waals surface area contributed by atoms with Crippen molar-refractivity contribution in [1.29, 1.82) is 0 Å². The van der Waals surface area contributed by atoms with Crippen molar-refractivity contribution in [3.05, 3.63) is 47.6 Å². The molecular weight excluding hydrogens is 233 g/mol. The first kappa shape index (κ1) is 14.5. The van der Waals surface area contributed by atoms with Crippen LogP contribution in [0.25, 0.3) is 0 Å². The highest BCUT2D eigenvalue weighted by atomic mass is 19.1. The van der Waals surface area contributed by atoms with Gasteiger partial charge in [0.25, 0.3) is 0 Å². The monoisotopic (exact) mass is 253 g/mol. The van der Waals surface area contributed by atoms with Crippen LogP contribution in [0.3, 0.4) is 0 Å². The summed E-state index contributed by atoms with van der Waals surface area (Å²) in [5, 5.41) is 2.98. The summed E-state index contributed by atoms with van der Waals surface area (Å²) in [7, 11) is 0. The van der Waals surface area contributed by atoms with Crippen molar-refractivity contribution in [3.63, 3.8) is 0 Å². The molecule has 0 amide bonds. The number of halogens is 1. The summed E-state index contributed by atoms with van der Waals surface area (Å²) in [6.07, 6.45) is 7.38. The zero-order chi connectivity index (χ0) is 13.5. The van der Waals surface area contributed by atoms with Gasteiger partial charge in [0.15, 0.2) is 0 Å². The lowest BCUT2D eigenvalue weighted by molar-refractivity contribution is 0.0210. The number of hydrazine groups is 1. The summed E-state index contributed by atoms with van der Waals surface area (Å²) >= 11 is 0. The maximum absolute atomic E-state index is 13.6. The first-order chi connectivity index (χ1) is 8.58. The minimum Gasteiger partial charge on any atom is -0.361 e. The van der Waals surface area contributed by atoms with E-state index < -0.39 is 6.10 Å². The van der Waals surface area contributed by atoms with Crippen LogP contribution in [0.5, 0.6) is 0 Å². The van der Waals surface area contributed by atoms with Gasteiger partial charge in [-0.2, -0.15) is 0 Å². The molecule has 0 aromatic rings. The average molecular weight is 253 g/mol. The van der Waals surface area contributed by atoms with E-state index in [1.54, 1.807) is 25.3 Å². The normalized spacial score (nSPS) is 22.3. The first-order valence-electron chi connectivity index (χ1n) is 5.84. The zero-order valence-electron chi connectivity index (χ0n) is 10.9. The summed E-state index contributed by atoms with van der Waals surface area (Å²) in [5.41, 5.74) is 4.29. The fraction of sp³-hybridized carbons (Fsp3) is 0.385. The molecule has 2 atom stereocenters. The first-order valence-corrected chi connectivity index (χ1v) is 5.84. The molecule has 4 nitrogen and oxygen atoms in total. The number of allylic oxidation sites excluding steroid dienone is 4. The predicted octanol–water partition coefficient (Wildman–Crippen LogP) is 2.00. The molecule has 0 aliphatic carbocycles. The summed E-state index contributed by atoms with van der Waals surface area (Å²) < 4.78 is 19.1. The van der Waals surface area contributed by atoms with Crippen LogP contribution in [0.1, 0.15) is 20.8 Å². The van der Waals surface area contributed by atoms with Gasteiger partial charge in [-0.05, 0) is 38.5 Å². The summed E-state index contributed by atoms with van der Waals surface area (Å²) in [6.45, 7) is 5.40. The van der Waals surface area contributed by atoms with Gasteiger partial charge in [-0.1, -0.05) is 12.2 Å². The highest BCUT2D eigenvalue weighted by Crippen LogP contribution is 2.15. The lowest BCUT2D eigenvalue weighted by Crippen LogP contribution is -2.35. The van der Waals surface area contributed by atoms with Gasteiger partial charge < -0.3 is 15.5 Å². The maximum atomic E-state index is 13.6. The van der Waals surface area contributed by atoms with Crippen molar-refractivity contribution < 1.29 is 9.13 Å². The number of hydrogen-bond acceptors (Lipinski definition) is 4. The molecule has 100 valence electrons. The van der Waals surface area contributed by atoms with E-state index >= 15 is 0 Å². The van der Waals surface area contributed by atoms with Crippen LogP contribution in [0.2, 0.25) is 0 Å². The largest absolute Gasteiger partial charge is 0.361 e. The highest BCUT2D eigenvalue weighted by molar-refractivity contribution is 5.30. The lowest BCUT2D eigenvalue weighted by Gasteiger charge is -2.24. The quantitative estimate of drug-likeness (QED) is 0.398. The van der Waals surface area contributed by atoms with Crippen LogP contribution in [0, 0.1) is 0 Å². The molecular formula is C13H20FN3O. The van der Waals surface area contributed by atoms with Crippen LogP contribution in [0.4, 0.5) is 4.39 Å². The van der Waals surface area contributed by atoms with E-state index in [0.717, 1.165) is 11.3 Å². The van der Waals surface area contributed by atoms with Gasteiger partial charge in [0.2, 0.25) is 0 Å². The van der Waals surface area contributed by atoms with E-state index in [1.165, 1.54) is 6.08 Å². The molecule has 18 heavy (non-hydrogen) atoms. The third kappa shape index (κ3) is 4.01. The van der Waals surface area contributed by atoms with Crippen LogP contribution < -0.4 is 16.6 Å². The van der Waals surface area contributed by atoms with Crippen molar-refractivity contribution in [2.75, 3.05) is 0 Å². The SMILES string of the molecule is C/C=C\C=C(\F)C(C)OC1C=C(C)C(NN)=CN1. The van der Waals surface area contributed by atoms with Crippen molar-refractivity contribution in [1.82, 2.24) is 10.7 Å². The third-order valence-corrected chi connectivity index (χ3v) is 2.56. The van der Waals surface area contributed by atoms with Crippen molar-refractivity contribution >= 4 is 0 Å². The van der Waals surface area contributed by atoms with Gasteiger partial charge in [-0.3, -0.25) is 5.84 Å². The molecule has 0 spiro atoms. The lowest BCUT2D eigenvalue weighted by atomic mass is 10.1. The Hall–Kier alpha value is -1.59. The van der Waals surface area contributed by atoms with E-state index in [2.05, 4.69) is 10.7 Å². The highest BCUT2D eigenvalue weighted by Gasteiger charge is 2.17. The molecule has 0 fully saturated rings.